The third-order valence-electron chi connectivity index (χ3n) is 0.874. The summed E-state index contributed by atoms with van der Waals surface area (Å²) in [6, 6.07) is 0. The molecule has 0 saturated carbocycles. The molecule has 0 fully saturated rings. The second-order valence-electron chi connectivity index (χ2n) is 1.96. The van der Waals surface area contributed by atoms with E-state index in [4.69, 9.17) is 0 Å². The van der Waals surface area contributed by atoms with Gasteiger partial charge < -0.3 is 0 Å². The summed E-state index contributed by atoms with van der Waals surface area (Å²) >= 11 is 4.05. The fourth-order valence-electron chi connectivity index (χ4n) is 0.497. The van der Waals surface area contributed by atoms with Crippen molar-refractivity contribution in [3.8, 4) is 0 Å². The standard InChI is InChI=1S/C7H12N2S/c1-6(4-8-3)9-7(2)5-10/h4,10H,3,5H2,1-2H3/b6-4-,9-7+. The normalized spacial score (nSPS) is 13.5. The fraction of sp³-hybridized carbons (Fsp3) is 0.429. The molecule has 56 valence electrons. The SMILES string of the molecule is C=N/C=C(C)\N=C(/C)CS. The molecule has 0 amide bonds. The van der Waals surface area contributed by atoms with Gasteiger partial charge in [-0.3, -0.25) is 9.98 Å². The van der Waals surface area contributed by atoms with Crippen molar-refractivity contribution in [3.63, 3.8) is 0 Å². The van der Waals surface area contributed by atoms with E-state index in [2.05, 4.69) is 29.3 Å². The highest BCUT2D eigenvalue weighted by molar-refractivity contribution is 7.81. The highest BCUT2D eigenvalue weighted by Crippen LogP contribution is 1.96. The summed E-state index contributed by atoms with van der Waals surface area (Å²) in [6.45, 7) is 7.12. The van der Waals surface area contributed by atoms with Crippen LogP contribution in [0.4, 0.5) is 0 Å². The van der Waals surface area contributed by atoms with Crippen molar-refractivity contribution in [2.45, 2.75) is 13.8 Å². The van der Waals surface area contributed by atoms with Crippen LogP contribution in [0.5, 0.6) is 0 Å². The van der Waals surface area contributed by atoms with E-state index < -0.39 is 0 Å². The summed E-state index contributed by atoms with van der Waals surface area (Å²) in [7, 11) is 0. The third kappa shape index (κ3) is 4.32. The lowest BCUT2D eigenvalue weighted by atomic mass is 10.4. The number of thiol groups is 1. The zero-order valence-corrected chi connectivity index (χ0v) is 7.23. The molecule has 0 N–H and O–H groups in total. The first kappa shape index (κ1) is 9.43. The van der Waals surface area contributed by atoms with Crippen molar-refractivity contribution < 1.29 is 0 Å². The molecule has 2 nitrogen and oxygen atoms in total. The molecule has 0 aromatic carbocycles. The lowest BCUT2D eigenvalue weighted by Crippen LogP contribution is -1.91. The molecular weight excluding hydrogens is 144 g/mol. The Morgan fingerprint density at radius 1 is 1.60 bits per heavy atom. The van der Waals surface area contributed by atoms with E-state index in [0.29, 0.717) is 5.75 Å². The van der Waals surface area contributed by atoms with Crippen LogP contribution in [0, 0.1) is 0 Å². The molecule has 0 unspecified atom stereocenters. The van der Waals surface area contributed by atoms with Crippen LogP contribution in [0.1, 0.15) is 13.8 Å². The van der Waals surface area contributed by atoms with Crippen LogP contribution in [-0.2, 0) is 0 Å². The van der Waals surface area contributed by atoms with Gasteiger partial charge in [-0.2, -0.15) is 12.6 Å². The molecule has 0 saturated heterocycles. The average Bonchev–Trinajstić information content (AvgIpc) is 1.88. The lowest BCUT2D eigenvalue weighted by molar-refractivity contribution is 1.26. The molecule has 0 spiro atoms. The Balaban J connectivity index is 4.11. The van der Waals surface area contributed by atoms with Crippen LogP contribution >= 0.6 is 12.6 Å². The van der Waals surface area contributed by atoms with Crippen LogP contribution in [0.2, 0.25) is 0 Å². The van der Waals surface area contributed by atoms with Crippen LogP contribution in [0.25, 0.3) is 0 Å². The molecule has 0 aliphatic rings. The molecule has 3 heteroatoms. The number of rotatable bonds is 3. The molecule has 0 atom stereocenters. The minimum absolute atomic E-state index is 0.683. The molecule has 0 rings (SSSR count). The second-order valence-corrected chi connectivity index (χ2v) is 2.27. The van der Waals surface area contributed by atoms with E-state index in [-0.39, 0.29) is 0 Å². The largest absolute Gasteiger partial charge is 0.271 e. The quantitative estimate of drug-likeness (QED) is 0.477. The van der Waals surface area contributed by atoms with Crippen molar-refractivity contribution in [2.75, 3.05) is 5.75 Å². The molecule has 0 heterocycles. The van der Waals surface area contributed by atoms with Crippen molar-refractivity contribution in [1.29, 1.82) is 0 Å². The van der Waals surface area contributed by atoms with E-state index in [1.807, 2.05) is 13.8 Å². The van der Waals surface area contributed by atoms with Gasteiger partial charge in [0.15, 0.2) is 0 Å². The van der Waals surface area contributed by atoms with Crippen molar-refractivity contribution in [2.24, 2.45) is 9.98 Å². The van der Waals surface area contributed by atoms with Gasteiger partial charge in [0, 0.05) is 17.7 Å². The van der Waals surface area contributed by atoms with Crippen molar-refractivity contribution >= 4 is 25.1 Å². The summed E-state index contributed by atoms with van der Waals surface area (Å²) in [4.78, 5) is 7.73. The summed E-state index contributed by atoms with van der Waals surface area (Å²) in [6.07, 6.45) is 1.62. The van der Waals surface area contributed by atoms with E-state index in [9.17, 15) is 0 Å². The Morgan fingerprint density at radius 2 is 2.20 bits per heavy atom. The maximum Gasteiger partial charge on any atom is 0.0554 e. The Bertz CT molecular complexity index is 170. The summed E-state index contributed by atoms with van der Waals surface area (Å²) in [5.41, 5.74) is 1.85. The Kier molecular flexibility index (Phi) is 4.94. The van der Waals surface area contributed by atoms with Gasteiger partial charge in [0.1, 0.15) is 0 Å². The summed E-state index contributed by atoms with van der Waals surface area (Å²) in [5, 5.41) is 0. The van der Waals surface area contributed by atoms with E-state index >= 15 is 0 Å². The summed E-state index contributed by atoms with van der Waals surface area (Å²) in [5.74, 6) is 0.683. The number of nitrogens with zero attached hydrogens (tertiary/aromatic N) is 2. The van der Waals surface area contributed by atoms with Crippen LogP contribution in [-0.4, -0.2) is 18.2 Å². The van der Waals surface area contributed by atoms with Gasteiger partial charge in [0.25, 0.3) is 0 Å². The minimum Gasteiger partial charge on any atom is -0.271 e. The molecule has 0 bridgehead atoms. The third-order valence-corrected chi connectivity index (χ3v) is 1.33. The van der Waals surface area contributed by atoms with E-state index in [1.165, 1.54) is 0 Å². The van der Waals surface area contributed by atoms with Crippen molar-refractivity contribution in [3.05, 3.63) is 11.9 Å². The molecule has 10 heavy (non-hydrogen) atoms. The maximum atomic E-state index is 4.15. The Hall–Kier alpha value is -0.570. The van der Waals surface area contributed by atoms with Gasteiger partial charge in [0.2, 0.25) is 0 Å². The van der Waals surface area contributed by atoms with E-state index in [1.54, 1.807) is 6.20 Å². The van der Waals surface area contributed by atoms with Gasteiger partial charge in [-0.25, -0.2) is 0 Å². The second kappa shape index (κ2) is 5.23. The molecule has 0 aliphatic heterocycles. The smallest absolute Gasteiger partial charge is 0.0554 e. The minimum atomic E-state index is 0.683. The fourth-order valence-corrected chi connectivity index (χ4v) is 0.568. The Labute approximate surface area is 67.2 Å². The van der Waals surface area contributed by atoms with Crippen LogP contribution in [0.15, 0.2) is 21.9 Å². The van der Waals surface area contributed by atoms with Gasteiger partial charge in [0.05, 0.1) is 5.70 Å². The predicted octanol–water partition coefficient (Wildman–Crippen LogP) is 1.94. The first-order chi connectivity index (χ1) is 4.70. The molecular formula is C7H12N2S. The zero-order valence-electron chi connectivity index (χ0n) is 6.33. The highest BCUT2D eigenvalue weighted by atomic mass is 32.1. The van der Waals surface area contributed by atoms with Gasteiger partial charge in [-0.05, 0) is 20.6 Å². The number of hydrogen-bond acceptors (Lipinski definition) is 3. The number of aliphatic imine (C=N–C) groups is 2. The number of hydrogen-bond donors (Lipinski definition) is 1. The zero-order chi connectivity index (χ0) is 7.98. The van der Waals surface area contributed by atoms with Gasteiger partial charge >= 0.3 is 0 Å². The van der Waals surface area contributed by atoms with Gasteiger partial charge in [-0.1, -0.05) is 0 Å². The molecule has 0 aromatic heterocycles. The Morgan fingerprint density at radius 3 is 2.60 bits per heavy atom. The molecule has 0 aliphatic carbocycles. The first-order valence-corrected chi connectivity index (χ1v) is 3.61. The molecule has 0 aromatic rings. The lowest BCUT2D eigenvalue weighted by Gasteiger charge is -1.92. The average molecular weight is 156 g/mol. The van der Waals surface area contributed by atoms with Crippen molar-refractivity contribution in [1.82, 2.24) is 0 Å². The monoisotopic (exact) mass is 156 g/mol. The predicted molar refractivity (Wildman–Crippen MR) is 50.3 cm³/mol. The van der Waals surface area contributed by atoms with E-state index in [0.717, 1.165) is 11.4 Å². The maximum absolute atomic E-state index is 4.15. The van der Waals surface area contributed by atoms with Gasteiger partial charge in [-0.15, -0.1) is 0 Å². The first-order valence-electron chi connectivity index (χ1n) is 2.98. The number of allylic oxidation sites excluding steroid dienone is 1. The molecule has 0 radical (unpaired) electrons. The van der Waals surface area contributed by atoms with Crippen LogP contribution in [0.3, 0.4) is 0 Å². The highest BCUT2D eigenvalue weighted by Gasteiger charge is 1.85. The topological polar surface area (TPSA) is 24.7 Å². The van der Waals surface area contributed by atoms with Crippen LogP contribution < -0.4 is 0 Å². The summed E-state index contributed by atoms with van der Waals surface area (Å²) < 4.78 is 0.